The Kier molecular flexibility index (Phi) is 8.61. The smallest absolute Gasteiger partial charge is 0.130 e. The summed E-state index contributed by atoms with van der Waals surface area (Å²) in [5, 5.41) is 0. The van der Waals surface area contributed by atoms with Crippen molar-refractivity contribution < 1.29 is 4.79 Å². The second-order valence-corrected chi connectivity index (χ2v) is 4.10. The van der Waals surface area contributed by atoms with Crippen LogP contribution >= 0.6 is 0 Å². The van der Waals surface area contributed by atoms with Gasteiger partial charge in [0.1, 0.15) is 5.78 Å². The molecule has 0 atom stereocenters. The van der Waals surface area contributed by atoms with Gasteiger partial charge in [0, 0.05) is 6.42 Å². The third-order valence-electron chi connectivity index (χ3n) is 2.41. The van der Waals surface area contributed by atoms with Crippen LogP contribution in [-0.4, -0.2) is 5.78 Å². The maximum atomic E-state index is 10.7. The van der Waals surface area contributed by atoms with Gasteiger partial charge in [0.25, 0.3) is 0 Å². The second-order valence-electron chi connectivity index (χ2n) is 4.10. The molecule has 0 radical (unpaired) electrons. The predicted octanol–water partition coefficient (Wildman–Crippen LogP) is 4.27. The van der Waals surface area contributed by atoms with E-state index in [-0.39, 0.29) is 0 Å². The van der Waals surface area contributed by atoms with Gasteiger partial charge in [-0.1, -0.05) is 37.8 Å². The summed E-state index contributed by atoms with van der Waals surface area (Å²) in [6.07, 6.45) is 10.3. The minimum Gasteiger partial charge on any atom is -0.300 e. The van der Waals surface area contributed by atoms with Crippen LogP contribution in [0.25, 0.3) is 0 Å². The number of ketones is 1. The van der Waals surface area contributed by atoms with E-state index in [2.05, 4.69) is 19.9 Å². The van der Waals surface area contributed by atoms with Crippen molar-refractivity contribution in [3.05, 3.63) is 11.6 Å². The number of rotatable bonds is 8. The molecule has 1 nitrogen and oxygen atoms in total. The van der Waals surface area contributed by atoms with Crippen LogP contribution in [0.5, 0.6) is 0 Å². The lowest BCUT2D eigenvalue weighted by Gasteiger charge is -2.00. The molecule has 0 aliphatic carbocycles. The lowest BCUT2D eigenvalue weighted by Crippen LogP contribution is -1.87. The van der Waals surface area contributed by atoms with Crippen molar-refractivity contribution in [1.82, 2.24) is 0 Å². The zero-order valence-electron chi connectivity index (χ0n) is 9.94. The van der Waals surface area contributed by atoms with Crippen molar-refractivity contribution in [1.29, 1.82) is 0 Å². The Bertz CT molecular complexity index is 180. The number of unbranched alkanes of at least 4 members (excludes halogenated alkanes) is 3. The average molecular weight is 196 g/mol. The van der Waals surface area contributed by atoms with E-state index in [9.17, 15) is 4.79 Å². The standard InChI is InChI=1S/C13H24O/c1-4-5-6-7-9-12(2)10-8-11-13(3)14/h10H,4-9,11H2,1-3H3/b12-10+. The Hall–Kier alpha value is -0.590. The van der Waals surface area contributed by atoms with E-state index in [0.717, 1.165) is 6.42 Å². The summed E-state index contributed by atoms with van der Waals surface area (Å²) in [6.45, 7) is 6.06. The highest BCUT2D eigenvalue weighted by Crippen LogP contribution is 2.10. The molecular weight excluding hydrogens is 172 g/mol. The van der Waals surface area contributed by atoms with E-state index in [4.69, 9.17) is 0 Å². The van der Waals surface area contributed by atoms with Crippen LogP contribution < -0.4 is 0 Å². The van der Waals surface area contributed by atoms with Crippen LogP contribution in [0.3, 0.4) is 0 Å². The van der Waals surface area contributed by atoms with Gasteiger partial charge >= 0.3 is 0 Å². The normalized spacial score (nSPS) is 11.8. The molecule has 0 unspecified atom stereocenters. The quantitative estimate of drug-likeness (QED) is 0.418. The summed E-state index contributed by atoms with van der Waals surface area (Å²) in [5.74, 6) is 0.292. The van der Waals surface area contributed by atoms with Crippen molar-refractivity contribution in [3.8, 4) is 0 Å². The molecule has 0 heterocycles. The molecule has 0 bridgehead atoms. The number of hydrogen-bond donors (Lipinski definition) is 0. The lowest BCUT2D eigenvalue weighted by atomic mass is 10.1. The van der Waals surface area contributed by atoms with Crippen molar-refractivity contribution in [3.63, 3.8) is 0 Å². The first-order chi connectivity index (χ1) is 6.66. The molecule has 0 aromatic carbocycles. The molecule has 14 heavy (non-hydrogen) atoms. The van der Waals surface area contributed by atoms with Gasteiger partial charge in [0.2, 0.25) is 0 Å². The lowest BCUT2D eigenvalue weighted by molar-refractivity contribution is -0.116. The Labute approximate surface area is 88.6 Å². The molecule has 0 amide bonds. The SMILES string of the molecule is CCCCCC/C(C)=C/CCC(C)=O. The first-order valence-corrected chi connectivity index (χ1v) is 5.82. The van der Waals surface area contributed by atoms with Crippen molar-refractivity contribution in [2.75, 3.05) is 0 Å². The minimum absolute atomic E-state index is 0.292. The van der Waals surface area contributed by atoms with Gasteiger partial charge in [-0.25, -0.2) is 0 Å². The van der Waals surface area contributed by atoms with Crippen LogP contribution in [0.1, 0.15) is 65.7 Å². The molecule has 0 saturated carbocycles. The first-order valence-electron chi connectivity index (χ1n) is 5.82. The van der Waals surface area contributed by atoms with Crippen molar-refractivity contribution in [2.24, 2.45) is 0 Å². The fourth-order valence-corrected chi connectivity index (χ4v) is 1.45. The minimum atomic E-state index is 0.292. The maximum Gasteiger partial charge on any atom is 0.130 e. The summed E-state index contributed by atoms with van der Waals surface area (Å²) < 4.78 is 0. The number of Topliss-reactive ketones (excluding diaryl/α,β-unsaturated/α-hetero) is 1. The van der Waals surface area contributed by atoms with E-state index in [1.54, 1.807) is 6.92 Å². The van der Waals surface area contributed by atoms with Crippen LogP contribution in [0, 0.1) is 0 Å². The molecular formula is C13H24O. The van der Waals surface area contributed by atoms with E-state index in [1.807, 2.05) is 0 Å². The number of allylic oxidation sites excluding steroid dienone is 2. The average Bonchev–Trinajstić information content (AvgIpc) is 2.12. The maximum absolute atomic E-state index is 10.7. The summed E-state index contributed by atoms with van der Waals surface area (Å²) in [5.41, 5.74) is 1.45. The molecule has 0 aliphatic heterocycles. The molecule has 0 aliphatic rings. The monoisotopic (exact) mass is 196 g/mol. The zero-order valence-corrected chi connectivity index (χ0v) is 9.94. The van der Waals surface area contributed by atoms with Crippen LogP contribution in [0.2, 0.25) is 0 Å². The Morgan fingerprint density at radius 2 is 1.79 bits per heavy atom. The molecule has 0 aromatic heterocycles. The summed E-state index contributed by atoms with van der Waals surface area (Å²) in [4.78, 5) is 10.7. The number of hydrogen-bond acceptors (Lipinski definition) is 1. The van der Waals surface area contributed by atoms with Gasteiger partial charge in [0.15, 0.2) is 0 Å². The van der Waals surface area contributed by atoms with Gasteiger partial charge < -0.3 is 4.79 Å². The van der Waals surface area contributed by atoms with Crippen LogP contribution in [-0.2, 0) is 4.79 Å². The Balaban J connectivity index is 3.42. The highest BCUT2D eigenvalue weighted by Gasteiger charge is 1.93. The van der Waals surface area contributed by atoms with Crippen molar-refractivity contribution >= 4 is 5.78 Å². The second kappa shape index (κ2) is 8.98. The molecule has 0 rings (SSSR count). The van der Waals surface area contributed by atoms with Gasteiger partial charge in [0.05, 0.1) is 0 Å². The highest BCUT2D eigenvalue weighted by atomic mass is 16.1. The third-order valence-corrected chi connectivity index (χ3v) is 2.41. The van der Waals surface area contributed by atoms with Crippen molar-refractivity contribution in [2.45, 2.75) is 65.7 Å². The van der Waals surface area contributed by atoms with Gasteiger partial charge in [-0.15, -0.1) is 0 Å². The number of carbonyl (C=O) groups excluding carboxylic acids is 1. The fourth-order valence-electron chi connectivity index (χ4n) is 1.45. The van der Waals surface area contributed by atoms with E-state index in [1.165, 1.54) is 37.7 Å². The molecule has 0 fully saturated rings. The van der Waals surface area contributed by atoms with Gasteiger partial charge in [-0.3, -0.25) is 0 Å². The summed E-state index contributed by atoms with van der Waals surface area (Å²) in [6, 6.07) is 0. The van der Waals surface area contributed by atoms with Gasteiger partial charge in [-0.05, 0) is 33.1 Å². The van der Waals surface area contributed by atoms with Gasteiger partial charge in [-0.2, -0.15) is 0 Å². The molecule has 0 aromatic rings. The summed E-state index contributed by atoms with van der Waals surface area (Å²) in [7, 11) is 0. The first kappa shape index (κ1) is 13.4. The Morgan fingerprint density at radius 1 is 1.07 bits per heavy atom. The fraction of sp³-hybridized carbons (Fsp3) is 0.769. The predicted molar refractivity (Wildman–Crippen MR) is 62.4 cm³/mol. The Morgan fingerprint density at radius 3 is 2.36 bits per heavy atom. The molecule has 0 N–H and O–H groups in total. The van der Waals surface area contributed by atoms with E-state index in [0.29, 0.717) is 12.2 Å². The third kappa shape index (κ3) is 9.50. The topological polar surface area (TPSA) is 17.1 Å². The van der Waals surface area contributed by atoms with E-state index >= 15 is 0 Å². The largest absolute Gasteiger partial charge is 0.300 e. The van der Waals surface area contributed by atoms with Crippen LogP contribution in [0.15, 0.2) is 11.6 Å². The highest BCUT2D eigenvalue weighted by molar-refractivity contribution is 5.75. The molecule has 1 heteroatoms. The summed E-state index contributed by atoms with van der Waals surface area (Å²) >= 11 is 0. The number of carbonyl (C=O) groups is 1. The molecule has 0 saturated heterocycles. The van der Waals surface area contributed by atoms with Crippen LogP contribution in [0.4, 0.5) is 0 Å². The zero-order chi connectivity index (χ0) is 10.8. The molecule has 0 spiro atoms. The molecule has 82 valence electrons. The van der Waals surface area contributed by atoms with E-state index < -0.39 is 0 Å².